The molecule has 4 nitrogen and oxygen atoms in total. The highest BCUT2D eigenvalue weighted by Crippen LogP contribution is 2.47. The lowest BCUT2D eigenvalue weighted by Crippen LogP contribution is -2.52. The molecule has 4 heteroatoms. The summed E-state index contributed by atoms with van der Waals surface area (Å²) in [5.41, 5.74) is 1.51. The molecule has 2 aliphatic rings. The van der Waals surface area contributed by atoms with Crippen LogP contribution in [0.5, 0.6) is 0 Å². The number of rotatable bonds is 4. The standard InChI is InChI=1S/C15H20N2O2/c18-14(13-10-19-9-8-16-13)17-11-15(6-7-15)12-4-2-1-3-5-12/h1-5,13,16H,6-11H2,(H,17,18). The minimum Gasteiger partial charge on any atom is -0.378 e. The highest BCUT2D eigenvalue weighted by molar-refractivity contribution is 5.82. The lowest BCUT2D eigenvalue weighted by atomic mass is 9.96. The van der Waals surface area contributed by atoms with Crippen molar-refractivity contribution in [1.29, 1.82) is 0 Å². The molecular weight excluding hydrogens is 240 g/mol. The first-order valence-electron chi connectivity index (χ1n) is 6.95. The van der Waals surface area contributed by atoms with Crippen molar-refractivity contribution in [1.82, 2.24) is 10.6 Å². The molecule has 1 atom stereocenters. The van der Waals surface area contributed by atoms with Gasteiger partial charge in [0.05, 0.1) is 13.2 Å². The van der Waals surface area contributed by atoms with Crippen LogP contribution in [0.2, 0.25) is 0 Å². The molecule has 0 spiro atoms. The molecule has 1 aromatic carbocycles. The molecule has 1 aliphatic carbocycles. The van der Waals surface area contributed by atoms with Crippen molar-refractivity contribution in [2.45, 2.75) is 24.3 Å². The van der Waals surface area contributed by atoms with Gasteiger partial charge >= 0.3 is 0 Å². The SMILES string of the molecule is O=C(NCC1(c2ccccc2)CC1)C1COCCN1. The number of hydrogen-bond acceptors (Lipinski definition) is 3. The van der Waals surface area contributed by atoms with Gasteiger partial charge in [-0.2, -0.15) is 0 Å². The zero-order valence-electron chi connectivity index (χ0n) is 11.0. The van der Waals surface area contributed by atoms with Crippen LogP contribution in [0, 0.1) is 0 Å². The first-order valence-corrected chi connectivity index (χ1v) is 6.95. The summed E-state index contributed by atoms with van der Waals surface area (Å²) in [6, 6.07) is 10.3. The van der Waals surface area contributed by atoms with E-state index in [1.54, 1.807) is 0 Å². The van der Waals surface area contributed by atoms with Crippen molar-refractivity contribution >= 4 is 5.91 Å². The number of nitrogens with one attached hydrogen (secondary N) is 2. The molecule has 3 rings (SSSR count). The Kier molecular flexibility index (Phi) is 3.53. The van der Waals surface area contributed by atoms with Crippen molar-refractivity contribution in [2.24, 2.45) is 0 Å². The minimum atomic E-state index is -0.194. The van der Waals surface area contributed by atoms with Gasteiger partial charge in [-0.15, -0.1) is 0 Å². The highest BCUT2D eigenvalue weighted by atomic mass is 16.5. The number of ether oxygens (including phenoxy) is 1. The van der Waals surface area contributed by atoms with Crippen LogP contribution >= 0.6 is 0 Å². The smallest absolute Gasteiger partial charge is 0.239 e. The Morgan fingerprint density at radius 3 is 2.79 bits per heavy atom. The molecule has 0 bridgehead atoms. The molecule has 1 aromatic rings. The third-order valence-electron chi connectivity index (χ3n) is 4.08. The van der Waals surface area contributed by atoms with Crippen LogP contribution in [0.1, 0.15) is 18.4 Å². The summed E-state index contributed by atoms with van der Waals surface area (Å²) < 4.78 is 5.31. The van der Waals surface area contributed by atoms with Gasteiger partial charge in [-0.3, -0.25) is 4.79 Å². The molecule has 0 aromatic heterocycles. The Bertz CT molecular complexity index is 437. The Labute approximate surface area is 113 Å². The van der Waals surface area contributed by atoms with Crippen LogP contribution in [0.25, 0.3) is 0 Å². The molecule has 1 unspecified atom stereocenters. The van der Waals surface area contributed by atoms with E-state index >= 15 is 0 Å². The third-order valence-corrected chi connectivity index (χ3v) is 4.08. The predicted octanol–water partition coefficient (Wildman–Crippen LogP) is 0.823. The first kappa shape index (κ1) is 12.6. The number of hydrogen-bond donors (Lipinski definition) is 2. The number of benzene rings is 1. The van der Waals surface area contributed by atoms with Crippen LogP contribution in [-0.2, 0) is 14.9 Å². The van der Waals surface area contributed by atoms with Crippen LogP contribution in [0.15, 0.2) is 30.3 Å². The molecule has 2 fully saturated rings. The molecule has 1 aliphatic heterocycles. The summed E-state index contributed by atoms with van der Waals surface area (Å²) >= 11 is 0. The number of carbonyl (C=O) groups excluding carboxylic acids is 1. The van der Waals surface area contributed by atoms with Crippen LogP contribution < -0.4 is 10.6 Å². The van der Waals surface area contributed by atoms with Gasteiger partial charge in [0.15, 0.2) is 0 Å². The summed E-state index contributed by atoms with van der Waals surface area (Å²) in [4.78, 5) is 12.1. The average Bonchev–Trinajstić information content (AvgIpc) is 3.28. The second-order valence-electron chi connectivity index (χ2n) is 5.45. The van der Waals surface area contributed by atoms with E-state index in [0.29, 0.717) is 13.2 Å². The minimum absolute atomic E-state index is 0.0573. The maximum absolute atomic E-state index is 12.1. The summed E-state index contributed by atoms with van der Waals surface area (Å²) in [5.74, 6) is 0.0573. The highest BCUT2D eigenvalue weighted by Gasteiger charge is 2.44. The molecule has 1 amide bonds. The fraction of sp³-hybridized carbons (Fsp3) is 0.533. The van der Waals surface area contributed by atoms with Crippen LogP contribution in [-0.4, -0.2) is 38.3 Å². The summed E-state index contributed by atoms with van der Waals surface area (Å²) in [5, 5.41) is 6.25. The van der Waals surface area contributed by atoms with Crippen LogP contribution in [0.3, 0.4) is 0 Å². The van der Waals surface area contributed by atoms with E-state index in [-0.39, 0.29) is 17.4 Å². The van der Waals surface area contributed by atoms with Crippen molar-refractivity contribution in [3.05, 3.63) is 35.9 Å². The number of carbonyl (C=O) groups is 1. The predicted molar refractivity (Wildman–Crippen MR) is 73.0 cm³/mol. The van der Waals surface area contributed by atoms with Gasteiger partial charge in [0.1, 0.15) is 6.04 Å². The average molecular weight is 260 g/mol. The monoisotopic (exact) mass is 260 g/mol. The Morgan fingerprint density at radius 1 is 1.37 bits per heavy atom. The molecular formula is C15H20N2O2. The van der Waals surface area contributed by atoms with Gasteiger partial charge in [0, 0.05) is 18.5 Å². The Balaban J connectivity index is 1.56. The molecule has 1 saturated heterocycles. The fourth-order valence-corrected chi connectivity index (χ4v) is 2.62. The van der Waals surface area contributed by atoms with Gasteiger partial charge in [-0.25, -0.2) is 0 Å². The molecule has 19 heavy (non-hydrogen) atoms. The number of amides is 1. The zero-order chi connectivity index (χ0) is 13.1. The summed E-state index contributed by atoms with van der Waals surface area (Å²) in [7, 11) is 0. The van der Waals surface area contributed by atoms with E-state index in [0.717, 1.165) is 25.9 Å². The fourth-order valence-electron chi connectivity index (χ4n) is 2.62. The van der Waals surface area contributed by atoms with Crippen LogP contribution in [0.4, 0.5) is 0 Å². The topological polar surface area (TPSA) is 50.4 Å². The van der Waals surface area contributed by atoms with E-state index in [1.807, 2.05) is 6.07 Å². The quantitative estimate of drug-likeness (QED) is 0.843. The van der Waals surface area contributed by atoms with E-state index < -0.39 is 0 Å². The van der Waals surface area contributed by atoms with Gasteiger partial charge in [0.2, 0.25) is 5.91 Å². The number of morpholine rings is 1. The molecule has 0 radical (unpaired) electrons. The first-order chi connectivity index (χ1) is 9.30. The van der Waals surface area contributed by atoms with E-state index in [4.69, 9.17) is 4.74 Å². The lowest BCUT2D eigenvalue weighted by Gasteiger charge is -2.24. The largest absolute Gasteiger partial charge is 0.378 e. The van der Waals surface area contributed by atoms with Crippen molar-refractivity contribution in [2.75, 3.05) is 26.3 Å². The van der Waals surface area contributed by atoms with E-state index in [9.17, 15) is 4.79 Å². The maximum atomic E-state index is 12.1. The normalized spacial score (nSPS) is 24.7. The van der Waals surface area contributed by atoms with Crippen molar-refractivity contribution in [3.63, 3.8) is 0 Å². The summed E-state index contributed by atoms with van der Waals surface area (Å²) in [6.45, 7) is 2.65. The molecule has 1 heterocycles. The Morgan fingerprint density at radius 2 is 2.16 bits per heavy atom. The van der Waals surface area contributed by atoms with Gasteiger partial charge < -0.3 is 15.4 Å². The second-order valence-corrected chi connectivity index (χ2v) is 5.45. The zero-order valence-corrected chi connectivity index (χ0v) is 11.0. The van der Waals surface area contributed by atoms with Gasteiger partial charge in [0.25, 0.3) is 0 Å². The molecule has 2 N–H and O–H groups in total. The van der Waals surface area contributed by atoms with E-state index in [1.165, 1.54) is 5.56 Å². The van der Waals surface area contributed by atoms with Crippen molar-refractivity contribution in [3.8, 4) is 0 Å². The second kappa shape index (κ2) is 5.31. The molecule has 102 valence electrons. The van der Waals surface area contributed by atoms with Gasteiger partial charge in [-0.1, -0.05) is 30.3 Å². The Hall–Kier alpha value is -1.39. The summed E-state index contributed by atoms with van der Waals surface area (Å²) in [6.07, 6.45) is 2.32. The van der Waals surface area contributed by atoms with Gasteiger partial charge in [-0.05, 0) is 18.4 Å². The van der Waals surface area contributed by atoms with Crippen molar-refractivity contribution < 1.29 is 9.53 Å². The molecule has 1 saturated carbocycles. The third kappa shape index (κ3) is 2.80. The van der Waals surface area contributed by atoms with E-state index in [2.05, 4.69) is 34.9 Å². The maximum Gasteiger partial charge on any atom is 0.239 e. The lowest BCUT2D eigenvalue weighted by molar-refractivity contribution is -0.126.